The van der Waals surface area contributed by atoms with Gasteiger partial charge in [0.15, 0.2) is 5.52 Å². The van der Waals surface area contributed by atoms with Gasteiger partial charge in [-0.3, -0.25) is 4.79 Å². The molecule has 2 heterocycles. The highest BCUT2D eigenvalue weighted by molar-refractivity contribution is 5.98. The number of rotatable bonds is 2. The predicted molar refractivity (Wildman–Crippen MR) is 72.8 cm³/mol. The van der Waals surface area contributed by atoms with Crippen LogP contribution in [0.25, 0.3) is 11.0 Å². The van der Waals surface area contributed by atoms with E-state index in [-0.39, 0.29) is 11.9 Å². The van der Waals surface area contributed by atoms with E-state index in [1.165, 1.54) is 0 Å². The van der Waals surface area contributed by atoms with Gasteiger partial charge in [-0.2, -0.15) is 0 Å². The van der Waals surface area contributed by atoms with Gasteiger partial charge in [-0.25, -0.2) is 9.42 Å². The maximum atomic E-state index is 12.2. The minimum absolute atomic E-state index is 0.269. The van der Waals surface area contributed by atoms with E-state index in [0.29, 0.717) is 42.7 Å². The minimum Gasteiger partial charge on any atom is -0.481 e. The first-order valence-corrected chi connectivity index (χ1v) is 6.65. The fourth-order valence-corrected chi connectivity index (χ4v) is 2.43. The number of carbonyl (C=O) groups excluding carboxylic acids is 1. The molecule has 21 heavy (non-hydrogen) atoms. The highest BCUT2D eigenvalue weighted by Crippen LogP contribution is 2.22. The molecular formula is C13H14N4O4. The fraction of sp³-hybridized carbons (Fsp3) is 0.385. The van der Waals surface area contributed by atoms with E-state index >= 15 is 0 Å². The van der Waals surface area contributed by atoms with Crippen molar-refractivity contribution in [2.24, 2.45) is 5.92 Å². The third-order valence-electron chi connectivity index (χ3n) is 3.66. The molecule has 0 unspecified atom stereocenters. The number of carbonyl (C=O) groups is 2. The Balaban J connectivity index is 1.67. The number of aliphatic carboxylic acids is 1. The standard InChI is InChI=1S/C13H14N4O4/c18-12(19)8-4-6-17(7-5-8)13(20)14-9-2-1-3-10-11(9)16-21-15-10/h1-3,8H,4-7H2,(H,14,20)(H,18,19). The first-order valence-electron chi connectivity index (χ1n) is 6.65. The summed E-state index contributed by atoms with van der Waals surface area (Å²) in [6.07, 6.45) is 0.941. The van der Waals surface area contributed by atoms with E-state index in [2.05, 4.69) is 20.3 Å². The average Bonchev–Trinajstić information content (AvgIpc) is 2.97. The van der Waals surface area contributed by atoms with Crippen LogP contribution < -0.4 is 5.32 Å². The number of anilines is 1. The largest absolute Gasteiger partial charge is 0.481 e. The number of piperidine rings is 1. The Labute approximate surface area is 119 Å². The Morgan fingerprint density at radius 3 is 2.76 bits per heavy atom. The summed E-state index contributed by atoms with van der Waals surface area (Å²) in [7, 11) is 0. The average molecular weight is 290 g/mol. The normalized spacial score (nSPS) is 16.1. The monoisotopic (exact) mass is 290 g/mol. The number of nitrogens with zero attached hydrogens (tertiary/aromatic N) is 3. The maximum absolute atomic E-state index is 12.2. The Bertz CT molecular complexity index is 676. The summed E-state index contributed by atoms with van der Waals surface area (Å²) in [4.78, 5) is 24.7. The summed E-state index contributed by atoms with van der Waals surface area (Å²) < 4.78 is 4.64. The van der Waals surface area contributed by atoms with Crippen molar-refractivity contribution in [1.82, 2.24) is 15.2 Å². The molecule has 1 aromatic carbocycles. The minimum atomic E-state index is -0.798. The van der Waals surface area contributed by atoms with Crippen molar-refractivity contribution in [3.63, 3.8) is 0 Å². The molecular weight excluding hydrogens is 276 g/mol. The number of likely N-dealkylation sites (tertiary alicyclic amines) is 1. The van der Waals surface area contributed by atoms with Crippen LogP contribution in [-0.4, -0.2) is 45.4 Å². The van der Waals surface area contributed by atoms with Crippen molar-refractivity contribution in [2.45, 2.75) is 12.8 Å². The van der Waals surface area contributed by atoms with Crippen molar-refractivity contribution in [3.8, 4) is 0 Å². The number of hydrogen-bond donors (Lipinski definition) is 2. The van der Waals surface area contributed by atoms with Crippen LogP contribution in [0, 0.1) is 5.92 Å². The molecule has 0 atom stereocenters. The number of fused-ring (bicyclic) bond motifs is 1. The van der Waals surface area contributed by atoms with Crippen LogP contribution in [0.3, 0.4) is 0 Å². The van der Waals surface area contributed by atoms with Crippen molar-refractivity contribution >= 4 is 28.7 Å². The summed E-state index contributed by atoms with van der Waals surface area (Å²) in [5, 5.41) is 19.2. The molecule has 1 saturated heterocycles. The van der Waals surface area contributed by atoms with Crippen LogP contribution in [0.1, 0.15) is 12.8 Å². The molecule has 2 N–H and O–H groups in total. The van der Waals surface area contributed by atoms with Crippen molar-refractivity contribution in [1.29, 1.82) is 0 Å². The Hall–Kier alpha value is -2.64. The van der Waals surface area contributed by atoms with Crippen molar-refractivity contribution < 1.29 is 19.3 Å². The Morgan fingerprint density at radius 1 is 1.29 bits per heavy atom. The SMILES string of the molecule is O=C(O)C1CCN(C(=O)Nc2cccc3nonc23)CC1. The van der Waals surface area contributed by atoms with Crippen LogP contribution >= 0.6 is 0 Å². The quantitative estimate of drug-likeness (QED) is 0.868. The van der Waals surface area contributed by atoms with Gasteiger partial charge in [-0.05, 0) is 35.3 Å². The van der Waals surface area contributed by atoms with Gasteiger partial charge in [-0.15, -0.1) is 0 Å². The summed E-state index contributed by atoms with van der Waals surface area (Å²) in [6, 6.07) is 4.93. The van der Waals surface area contributed by atoms with E-state index in [4.69, 9.17) is 5.11 Å². The number of aromatic nitrogens is 2. The number of amides is 2. The van der Waals surface area contributed by atoms with Crippen molar-refractivity contribution in [2.75, 3.05) is 18.4 Å². The van der Waals surface area contributed by atoms with E-state index in [0.717, 1.165) is 0 Å². The first-order chi connectivity index (χ1) is 10.1. The lowest BCUT2D eigenvalue weighted by Gasteiger charge is -2.30. The highest BCUT2D eigenvalue weighted by Gasteiger charge is 2.27. The van der Waals surface area contributed by atoms with Crippen LogP contribution in [0.2, 0.25) is 0 Å². The summed E-state index contributed by atoms with van der Waals surface area (Å²) >= 11 is 0. The van der Waals surface area contributed by atoms with Crippen molar-refractivity contribution in [3.05, 3.63) is 18.2 Å². The second-order valence-electron chi connectivity index (χ2n) is 4.97. The molecule has 0 spiro atoms. The molecule has 0 radical (unpaired) electrons. The van der Waals surface area contributed by atoms with Gasteiger partial charge in [0, 0.05) is 13.1 Å². The molecule has 1 aliphatic heterocycles. The smallest absolute Gasteiger partial charge is 0.321 e. The first kappa shape index (κ1) is 13.3. The van der Waals surface area contributed by atoms with E-state index in [9.17, 15) is 9.59 Å². The van der Waals surface area contributed by atoms with Gasteiger partial charge in [0.1, 0.15) is 5.52 Å². The second kappa shape index (κ2) is 5.39. The summed E-state index contributed by atoms with van der Waals surface area (Å²) in [5.41, 5.74) is 1.59. The van der Waals surface area contributed by atoms with E-state index < -0.39 is 5.97 Å². The van der Waals surface area contributed by atoms with Crippen LogP contribution in [0.15, 0.2) is 22.8 Å². The highest BCUT2D eigenvalue weighted by atomic mass is 16.6. The molecule has 0 saturated carbocycles. The molecule has 2 amide bonds. The number of carboxylic acid groups (broad SMARTS) is 1. The maximum Gasteiger partial charge on any atom is 0.321 e. The number of carboxylic acids is 1. The lowest BCUT2D eigenvalue weighted by molar-refractivity contribution is -0.143. The zero-order valence-corrected chi connectivity index (χ0v) is 11.2. The van der Waals surface area contributed by atoms with Gasteiger partial charge >= 0.3 is 12.0 Å². The Morgan fingerprint density at radius 2 is 2.05 bits per heavy atom. The number of hydrogen-bond acceptors (Lipinski definition) is 5. The zero-order chi connectivity index (χ0) is 14.8. The van der Waals surface area contributed by atoms with Crippen LogP contribution in [-0.2, 0) is 4.79 Å². The lowest BCUT2D eigenvalue weighted by atomic mass is 9.97. The fourth-order valence-electron chi connectivity index (χ4n) is 2.43. The van der Waals surface area contributed by atoms with Gasteiger partial charge < -0.3 is 15.3 Å². The third-order valence-corrected chi connectivity index (χ3v) is 3.66. The van der Waals surface area contributed by atoms with Gasteiger partial charge in [0.2, 0.25) is 0 Å². The topological polar surface area (TPSA) is 109 Å². The molecule has 0 bridgehead atoms. The zero-order valence-electron chi connectivity index (χ0n) is 11.2. The molecule has 1 fully saturated rings. The molecule has 110 valence electrons. The van der Waals surface area contributed by atoms with Gasteiger partial charge in [0.05, 0.1) is 11.6 Å². The summed E-state index contributed by atoms with van der Waals surface area (Å²) in [6.45, 7) is 0.853. The lowest BCUT2D eigenvalue weighted by Crippen LogP contribution is -2.42. The predicted octanol–water partition coefficient (Wildman–Crippen LogP) is 1.55. The molecule has 8 heteroatoms. The van der Waals surface area contributed by atoms with E-state index in [1.54, 1.807) is 23.1 Å². The van der Waals surface area contributed by atoms with Gasteiger partial charge in [0.25, 0.3) is 0 Å². The molecule has 3 rings (SSSR count). The van der Waals surface area contributed by atoms with Crippen LogP contribution in [0.5, 0.6) is 0 Å². The molecule has 2 aromatic rings. The summed E-state index contributed by atoms with van der Waals surface area (Å²) in [5.74, 6) is -1.16. The third kappa shape index (κ3) is 2.64. The van der Waals surface area contributed by atoms with Gasteiger partial charge in [-0.1, -0.05) is 6.07 Å². The Kier molecular flexibility index (Phi) is 3.43. The number of urea groups is 1. The number of nitrogens with one attached hydrogen (secondary N) is 1. The van der Waals surface area contributed by atoms with E-state index in [1.807, 2.05) is 0 Å². The molecule has 1 aliphatic rings. The molecule has 0 aliphatic carbocycles. The van der Waals surface area contributed by atoms with Crippen LogP contribution in [0.4, 0.5) is 10.5 Å². The molecule has 8 nitrogen and oxygen atoms in total. The number of benzene rings is 1. The second-order valence-corrected chi connectivity index (χ2v) is 4.97. The molecule has 1 aromatic heterocycles.